The van der Waals surface area contributed by atoms with E-state index in [1.165, 1.54) is 24.3 Å². The van der Waals surface area contributed by atoms with Crippen molar-refractivity contribution in [2.75, 3.05) is 11.9 Å². The molecule has 8 nitrogen and oxygen atoms in total. The van der Waals surface area contributed by atoms with E-state index in [0.717, 1.165) is 0 Å². The Bertz CT molecular complexity index is 574. The predicted octanol–water partition coefficient (Wildman–Crippen LogP) is 1.000. The highest BCUT2D eigenvalue weighted by Crippen LogP contribution is 2.10. The zero-order chi connectivity index (χ0) is 17.6. The molecule has 0 heterocycles. The van der Waals surface area contributed by atoms with E-state index in [-0.39, 0.29) is 12.1 Å². The van der Waals surface area contributed by atoms with E-state index in [1.54, 1.807) is 20.8 Å². The first-order valence-corrected chi connectivity index (χ1v) is 6.76. The summed E-state index contributed by atoms with van der Waals surface area (Å²) in [5.41, 5.74) is -0.216. The average Bonchev–Trinajstić information content (AvgIpc) is 2.43. The Morgan fingerprint density at radius 3 is 2.22 bits per heavy atom. The lowest BCUT2D eigenvalue weighted by molar-refractivity contribution is -0.197. The standard InChI is InChI=1S/C15H19NO7/c1-15(2,3)23-14(21)13(20)22-11(17)8-16-10-6-4-9(5-7-10)12(18)19/h4-7,13,16,20H,8H2,1-3H3,(H,18,19). The van der Waals surface area contributed by atoms with Crippen LogP contribution >= 0.6 is 0 Å². The molecule has 0 fully saturated rings. The van der Waals surface area contributed by atoms with Gasteiger partial charge in [-0.2, -0.15) is 0 Å². The number of carboxylic acids is 1. The fourth-order valence-corrected chi connectivity index (χ4v) is 1.47. The van der Waals surface area contributed by atoms with Crippen LogP contribution in [0.3, 0.4) is 0 Å². The highest BCUT2D eigenvalue weighted by molar-refractivity contribution is 5.88. The maximum absolute atomic E-state index is 11.5. The van der Waals surface area contributed by atoms with E-state index in [9.17, 15) is 19.5 Å². The lowest BCUT2D eigenvalue weighted by Crippen LogP contribution is -2.35. The Morgan fingerprint density at radius 1 is 1.17 bits per heavy atom. The van der Waals surface area contributed by atoms with Gasteiger partial charge in [0, 0.05) is 5.69 Å². The van der Waals surface area contributed by atoms with E-state index in [0.29, 0.717) is 5.69 Å². The van der Waals surface area contributed by atoms with Gasteiger partial charge in [0.2, 0.25) is 0 Å². The second-order valence-electron chi connectivity index (χ2n) is 5.61. The number of aromatic carboxylic acids is 1. The Kier molecular flexibility index (Phi) is 6.09. The van der Waals surface area contributed by atoms with Crippen LogP contribution in [0.15, 0.2) is 24.3 Å². The number of aliphatic hydroxyl groups is 1. The lowest BCUT2D eigenvalue weighted by Gasteiger charge is -2.21. The first-order chi connectivity index (χ1) is 10.6. The lowest BCUT2D eigenvalue weighted by atomic mass is 10.2. The van der Waals surface area contributed by atoms with E-state index >= 15 is 0 Å². The summed E-state index contributed by atoms with van der Waals surface area (Å²) < 4.78 is 9.38. The second-order valence-corrected chi connectivity index (χ2v) is 5.61. The minimum Gasteiger partial charge on any atom is -0.478 e. The van der Waals surface area contributed by atoms with E-state index in [2.05, 4.69) is 10.1 Å². The monoisotopic (exact) mass is 325 g/mol. The fraction of sp³-hybridized carbons (Fsp3) is 0.400. The van der Waals surface area contributed by atoms with Gasteiger partial charge in [-0.25, -0.2) is 9.59 Å². The number of hydrogen-bond acceptors (Lipinski definition) is 7. The van der Waals surface area contributed by atoms with Crippen LogP contribution < -0.4 is 5.32 Å². The molecule has 0 aliphatic heterocycles. The third-order valence-corrected chi connectivity index (χ3v) is 2.42. The summed E-state index contributed by atoms with van der Waals surface area (Å²) in [7, 11) is 0. The van der Waals surface area contributed by atoms with Crippen molar-refractivity contribution in [1.29, 1.82) is 0 Å². The van der Waals surface area contributed by atoms with Gasteiger partial charge in [0.15, 0.2) is 0 Å². The number of aliphatic hydroxyl groups excluding tert-OH is 1. The van der Waals surface area contributed by atoms with Crippen LogP contribution in [0.5, 0.6) is 0 Å². The molecule has 3 N–H and O–H groups in total. The summed E-state index contributed by atoms with van der Waals surface area (Å²) in [6, 6.07) is 5.68. The molecule has 1 rings (SSSR count). The number of rotatable bonds is 6. The largest absolute Gasteiger partial charge is 0.478 e. The zero-order valence-corrected chi connectivity index (χ0v) is 13.0. The molecule has 0 spiro atoms. The first kappa shape index (κ1) is 18.4. The first-order valence-electron chi connectivity index (χ1n) is 6.76. The van der Waals surface area contributed by atoms with Gasteiger partial charge in [0.25, 0.3) is 6.29 Å². The summed E-state index contributed by atoms with van der Waals surface area (Å²) in [6.45, 7) is 4.53. The Morgan fingerprint density at radius 2 is 1.74 bits per heavy atom. The molecule has 0 radical (unpaired) electrons. The number of benzene rings is 1. The van der Waals surface area contributed by atoms with Crippen LogP contribution in [0.1, 0.15) is 31.1 Å². The highest BCUT2D eigenvalue weighted by Gasteiger charge is 2.26. The van der Waals surface area contributed by atoms with Gasteiger partial charge in [-0.05, 0) is 45.0 Å². The number of carboxylic acid groups (broad SMARTS) is 1. The summed E-state index contributed by atoms with van der Waals surface area (Å²) >= 11 is 0. The van der Waals surface area contributed by atoms with Gasteiger partial charge in [-0.1, -0.05) is 0 Å². The molecular formula is C15H19NO7. The summed E-state index contributed by atoms with van der Waals surface area (Å²) in [5, 5.41) is 20.9. The van der Waals surface area contributed by atoms with E-state index in [1.807, 2.05) is 0 Å². The molecule has 0 aliphatic carbocycles. The smallest absolute Gasteiger partial charge is 0.376 e. The summed E-state index contributed by atoms with van der Waals surface area (Å²) in [5.74, 6) is -2.99. The number of ether oxygens (including phenoxy) is 2. The second kappa shape index (κ2) is 7.59. The minimum absolute atomic E-state index is 0.110. The summed E-state index contributed by atoms with van der Waals surface area (Å²) in [6.07, 6.45) is -2.00. The molecular weight excluding hydrogens is 306 g/mol. The van der Waals surface area contributed by atoms with Crippen LogP contribution in [0.25, 0.3) is 0 Å². The molecule has 1 unspecified atom stereocenters. The normalized spacial score (nSPS) is 12.2. The minimum atomic E-state index is -2.00. The van der Waals surface area contributed by atoms with Gasteiger partial charge in [-0.15, -0.1) is 0 Å². The van der Waals surface area contributed by atoms with Crippen molar-refractivity contribution in [3.8, 4) is 0 Å². The molecule has 0 amide bonds. The molecule has 8 heteroatoms. The van der Waals surface area contributed by atoms with Crippen molar-refractivity contribution >= 4 is 23.6 Å². The molecule has 1 aromatic carbocycles. The molecule has 0 aromatic heterocycles. The number of nitrogens with one attached hydrogen (secondary N) is 1. The molecule has 0 bridgehead atoms. The number of carbonyl (C=O) groups is 3. The Hall–Kier alpha value is -2.61. The molecule has 1 aromatic rings. The van der Waals surface area contributed by atoms with Gasteiger partial charge in [0.1, 0.15) is 12.1 Å². The van der Waals surface area contributed by atoms with Crippen LogP contribution in [-0.4, -0.2) is 46.6 Å². The van der Waals surface area contributed by atoms with Gasteiger partial charge in [-0.3, -0.25) is 4.79 Å². The molecule has 126 valence electrons. The number of esters is 2. The molecule has 0 saturated heterocycles. The molecule has 23 heavy (non-hydrogen) atoms. The number of hydrogen-bond donors (Lipinski definition) is 3. The van der Waals surface area contributed by atoms with Crippen molar-refractivity contribution in [3.63, 3.8) is 0 Å². The van der Waals surface area contributed by atoms with Gasteiger partial charge in [0.05, 0.1) is 5.56 Å². The number of carbonyl (C=O) groups excluding carboxylic acids is 2. The van der Waals surface area contributed by atoms with E-state index in [4.69, 9.17) is 9.84 Å². The van der Waals surface area contributed by atoms with Gasteiger partial charge >= 0.3 is 17.9 Å². The van der Waals surface area contributed by atoms with Crippen molar-refractivity contribution in [3.05, 3.63) is 29.8 Å². The van der Waals surface area contributed by atoms with Crippen molar-refractivity contribution in [1.82, 2.24) is 0 Å². The zero-order valence-electron chi connectivity index (χ0n) is 13.0. The fourth-order valence-electron chi connectivity index (χ4n) is 1.47. The topological polar surface area (TPSA) is 122 Å². The summed E-state index contributed by atoms with van der Waals surface area (Å²) in [4.78, 5) is 33.7. The van der Waals surface area contributed by atoms with Crippen molar-refractivity contribution in [2.45, 2.75) is 32.7 Å². The average molecular weight is 325 g/mol. The third kappa shape index (κ3) is 6.79. The Labute approximate surface area is 133 Å². The van der Waals surface area contributed by atoms with Gasteiger partial charge < -0.3 is 25.0 Å². The van der Waals surface area contributed by atoms with E-state index < -0.39 is 29.8 Å². The van der Waals surface area contributed by atoms with Crippen LogP contribution in [0.4, 0.5) is 5.69 Å². The van der Waals surface area contributed by atoms with Crippen molar-refractivity contribution < 1.29 is 34.1 Å². The number of anilines is 1. The predicted molar refractivity (Wildman–Crippen MR) is 79.8 cm³/mol. The highest BCUT2D eigenvalue weighted by atomic mass is 16.7. The van der Waals surface area contributed by atoms with Crippen LogP contribution in [0, 0.1) is 0 Å². The molecule has 0 saturated carbocycles. The quantitative estimate of drug-likeness (QED) is 0.523. The molecule has 0 aliphatic rings. The molecule has 1 atom stereocenters. The van der Waals surface area contributed by atoms with Crippen LogP contribution in [-0.2, 0) is 19.1 Å². The Balaban J connectivity index is 2.44. The maximum atomic E-state index is 11.5. The van der Waals surface area contributed by atoms with Crippen LogP contribution in [0.2, 0.25) is 0 Å². The third-order valence-electron chi connectivity index (χ3n) is 2.42. The van der Waals surface area contributed by atoms with Crippen molar-refractivity contribution in [2.24, 2.45) is 0 Å². The maximum Gasteiger partial charge on any atom is 0.376 e. The SMILES string of the molecule is CC(C)(C)OC(=O)C(O)OC(=O)CNc1ccc(C(=O)O)cc1.